The first-order valence-corrected chi connectivity index (χ1v) is 12.7. The van der Waals surface area contributed by atoms with Gasteiger partial charge in [0.2, 0.25) is 11.8 Å². The number of nitrogens with one attached hydrogen (secondary N) is 3. The van der Waals surface area contributed by atoms with Crippen LogP contribution in [0, 0.1) is 29.2 Å². The molecule has 42 heavy (non-hydrogen) atoms. The van der Waals surface area contributed by atoms with Crippen LogP contribution in [-0.4, -0.2) is 22.1 Å². The lowest BCUT2D eigenvalue weighted by molar-refractivity contribution is -0.140. The summed E-state index contributed by atoms with van der Waals surface area (Å²) in [5, 5.41) is 6.11. The molecule has 0 radical (unpaired) electrons. The van der Waals surface area contributed by atoms with E-state index >= 15 is 0 Å². The van der Waals surface area contributed by atoms with Crippen LogP contribution in [0.4, 0.5) is 47.8 Å². The van der Waals surface area contributed by atoms with E-state index in [4.69, 9.17) is 34.8 Å². The van der Waals surface area contributed by atoms with Crippen molar-refractivity contribution in [1.82, 2.24) is 0 Å². The van der Waals surface area contributed by atoms with Gasteiger partial charge in [-0.05, 0) is 42.0 Å². The number of alkyl halides is 5. The summed E-state index contributed by atoms with van der Waals surface area (Å²) < 4.78 is 93.6. The lowest BCUT2D eigenvalue weighted by Crippen LogP contribution is -2.19. The monoisotopic (exact) mass is 655 g/mol. The molecule has 0 aliphatic heterocycles. The number of amides is 3. The predicted octanol–water partition coefficient (Wildman–Crippen LogP) is 7.65. The van der Waals surface area contributed by atoms with Gasteiger partial charge in [-0.25, -0.2) is 17.6 Å². The van der Waals surface area contributed by atoms with Gasteiger partial charge in [0, 0.05) is 18.5 Å². The molecular formula is C26H15Cl3F7N3O3. The van der Waals surface area contributed by atoms with Crippen LogP contribution in [0.15, 0.2) is 42.5 Å². The molecule has 0 aromatic heterocycles. The Hall–Kier alpha value is -3.55. The summed E-state index contributed by atoms with van der Waals surface area (Å²) in [6, 6.07) is 6.17. The van der Waals surface area contributed by atoms with Crippen LogP contribution < -0.4 is 16.0 Å². The second-order valence-corrected chi connectivity index (χ2v) is 11.0. The van der Waals surface area contributed by atoms with Crippen molar-refractivity contribution < 1.29 is 45.1 Å². The lowest BCUT2D eigenvalue weighted by atomic mass is 10.0. The van der Waals surface area contributed by atoms with E-state index in [1.165, 1.54) is 6.07 Å². The van der Waals surface area contributed by atoms with Gasteiger partial charge in [0.15, 0.2) is 17.5 Å². The van der Waals surface area contributed by atoms with Crippen LogP contribution in [0.3, 0.4) is 0 Å². The Morgan fingerprint density at radius 2 is 1.45 bits per heavy atom. The molecule has 0 bridgehead atoms. The molecule has 0 spiro atoms. The van der Waals surface area contributed by atoms with E-state index in [2.05, 4.69) is 5.32 Å². The number of carbonyl (C=O) groups excluding carboxylic acids is 3. The van der Waals surface area contributed by atoms with Gasteiger partial charge < -0.3 is 16.0 Å². The third-order valence-corrected chi connectivity index (χ3v) is 7.45. The average molecular weight is 657 g/mol. The predicted molar refractivity (Wildman–Crippen MR) is 141 cm³/mol. The molecule has 6 nitrogen and oxygen atoms in total. The van der Waals surface area contributed by atoms with Gasteiger partial charge in [-0.15, -0.1) is 23.2 Å². The fourth-order valence-corrected chi connectivity index (χ4v) is 5.21. The smallest absolute Gasteiger partial charge is 0.326 e. The van der Waals surface area contributed by atoms with Gasteiger partial charge in [0.1, 0.15) is 10.2 Å². The number of hydrogen-bond donors (Lipinski definition) is 3. The van der Waals surface area contributed by atoms with Gasteiger partial charge in [-0.1, -0.05) is 17.7 Å². The highest BCUT2D eigenvalue weighted by molar-refractivity contribution is 6.53. The molecule has 2 atom stereocenters. The summed E-state index contributed by atoms with van der Waals surface area (Å²) in [6.45, 7) is 0.986. The molecule has 3 aromatic rings. The summed E-state index contributed by atoms with van der Waals surface area (Å²) in [5.41, 5.74) is -3.76. The maximum absolute atomic E-state index is 14.3. The molecular weight excluding hydrogens is 642 g/mol. The molecule has 3 amide bonds. The molecule has 1 aliphatic carbocycles. The first kappa shape index (κ1) is 31.4. The molecule has 3 aromatic carbocycles. The first-order chi connectivity index (χ1) is 19.4. The fraction of sp³-hybridized carbons (Fsp3) is 0.192. The van der Waals surface area contributed by atoms with E-state index in [0.717, 1.165) is 25.1 Å². The summed E-state index contributed by atoms with van der Waals surface area (Å²) in [7, 11) is 0. The number of anilines is 3. The van der Waals surface area contributed by atoms with Crippen LogP contribution in [0.25, 0.3) is 0 Å². The van der Waals surface area contributed by atoms with E-state index in [1.807, 2.05) is 10.6 Å². The minimum atomic E-state index is -5.01. The summed E-state index contributed by atoms with van der Waals surface area (Å²) in [5.74, 6) is -12.2. The van der Waals surface area contributed by atoms with Gasteiger partial charge in [-0.3, -0.25) is 14.4 Å². The van der Waals surface area contributed by atoms with E-state index in [1.54, 1.807) is 0 Å². The van der Waals surface area contributed by atoms with Crippen molar-refractivity contribution in [3.05, 3.63) is 87.4 Å². The van der Waals surface area contributed by atoms with Crippen LogP contribution in [0.1, 0.15) is 34.3 Å². The Labute approximate surface area is 247 Å². The van der Waals surface area contributed by atoms with E-state index < -0.39 is 80.3 Å². The van der Waals surface area contributed by atoms with Gasteiger partial charge in [0.25, 0.3) is 5.91 Å². The largest absolute Gasteiger partial charge is 0.419 e. The zero-order valence-corrected chi connectivity index (χ0v) is 23.0. The van der Waals surface area contributed by atoms with Crippen LogP contribution in [0.2, 0.25) is 5.02 Å². The maximum Gasteiger partial charge on any atom is 0.419 e. The number of hydrogen-bond acceptors (Lipinski definition) is 3. The third-order valence-electron chi connectivity index (χ3n) is 6.18. The molecule has 3 N–H and O–H groups in total. The van der Waals surface area contributed by atoms with Crippen molar-refractivity contribution >= 4 is 69.6 Å². The fourth-order valence-electron chi connectivity index (χ4n) is 4.18. The van der Waals surface area contributed by atoms with Crippen molar-refractivity contribution in [2.45, 2.75) is 23.4 Å². The highest BCUT2D eigenvalue weighted by Gasteiger charge is 2.67. The normalized spacial score (nSPS) is 17.4. The highest BCUT2D eigenvalue weighted by atomic mass is 35.5. The molecule has 16 heteroatoms. The van der Waals surface area contributed by atoms with Crippen LogP contribution in [0.5, 0.6) is 0 Å². The maximum atomic E-state index is 14.3. The SMILES string of the molecule is CC(=O)Nc1cc(NC(=O)c2cc(NC(=O)[C@H]3C(c4ccc(F)c(C(F)(F)F)c4)C3(Cl)Cl)ccc2Cl)c(F)c(F)c1F. The molecule has 1 unspecified atom stereocenters. The second kappa shape index (κ2) is 11.3. The van der Waals surface area contributed by atoms with Gasteiger partial charge in [0.05, 0.1) is 33.4 Å². The quantitative estimate of drug-likeness (QED) is 0.145. The number of benzene rings is 3. The first-order valence-electron chi connectivity index (χ1n) is 11.5. The second-order valence-electron chi connectivity index (χ2n) is 9.10. The minimum absolute atomic E-state index is 0.0795. The minimum Gasteiger partial charge on any atom is -0.326 e. The Bertz CT molecular complexity index is 1630. The van der Waals surface area contributed by atoms with Crippen molar-refractivity contribution in [2.75, 3.05) is 16.0 Å². The third kappa shape index (κ3) is 6.13. The van der Waals surface area contributed by atoms with E-state index in [0.29, 0.717) is 18.2 Å². The van der Waals surface area contributed by atoms with Gasteiger partial charge >= 0.3 is 6.18 Å². The van der Waals surface area contributed by atoms with E-state index in [-0.39, 0.29) is 21.8 Å². The molecule has 1 saturated carbocycles. The summed E-state index contributed by atoms with van der Waals surface area (Å²) in [6.07, 6.45) is -5.01. The van der Waals surface area contributed by atoms with E-state index in [9.17, 15) is 45.1 Å². The van der Waals surface area contributed by atoms with Crippen molar-refractivity contribution in [1.29, 1.82) is 0 Å². The molecule has 1 aliphatic rings. The van der Waals surface area contributed by atoms with Crippen molar-refractivity contribution in [3.8, 4) is 0 Å². The number of halogens is 10. The van der Waals surface area contributed by atoms with Crippen LogP contribution >= 0.6 is 34.8 Å². The summed E-state index contributed by atoms with van der Waals surface area (Å²) in [4.78, 5) is 37.0. The zero-order valence-electron chi connectivity index (χ0n) is 20.7. The van der Waals surface area contributed by atoms with Gasteiger partial charge in [-0.2, -0.15) is 13.2 Å². The Morgan fingerprint density at radius 3 is 2.05 bits per heavy atom. The number of carbonyl (C=O) groups is 3. The van der Waals surface area contributed by atoms with Crippen LogP contribution in [-0.2, 0) is 15.8 Å². The molecule has 222 valence electrons. The molecule has 1 fully saturated rings. The highest BCUT2D eigenvalue weighted by Crippen LogP contribution is 2.65. The topological polar surface area (TPSA) is 87.3 Å². The number of rotatable bonds is 6. The molecule has 4 rings (SSSR count). The zero-order chi connectivity index (χ0) is 31.3. The lowest BCUT2D eigenvalue weighted by Gasteiger charge is -2.13. The van der Waals surface area contributed by atoms with Crippen molar-refractivity contribution in [3.63, 3.8) is 0 Å². The summed E-state index contributed by atoms with van der Waals surface area (Å²) >= 11 is 18.4. The average Bonchev–Trinajstić information content (AvgIpc) is 3.47. The molecule has 0 heterocycles. The standard InChI is InChI=1S/C26H15Cl3F7N3O3/c1-9(40)37-16-8-17(21(32)22(33)20(16)31)39-23(41)12-7-11(3-4-14(12)27)38-24(42)19-18(25(19,28)29)10-2-5-15(30)13(6-10)26(34,35)36/h2-8,18-19H,1H3,(H,37,40)(H,38,42)(H,39,41)/t18?,19-/m1/s1. The van der Waals surface area contributed by atoms with Crippen molar-refractivity contribution in [2.24, 2.45) is 5.92 Å². The Balaban J connectivity index is 1.55. The molecule has 0 saturated heterocycles. The Morgan fingerprint density at radius 1 is 0.833 bits per heavy atom. The Kier molecular flexibility index (Phi) is 8.42.